The molecule has 1 aromatic carbocycles. The minimum atomic E-state index is -0.236. The van der Waals surface area contributed by atoms with Gasteiger partial charge in [0.25, 0.3) is 0 Å². The van der Waals surface area contributed by atoms with Crippen LogP contribution in [0.25, 0.3) is 0 Å². The molecule has 0 radical (unpaired) electrons. The molecule has 0 unspecified atom stereocenters. The number of carbonyl (C=O) groups excluding carboxylic acids is 1. The third kappa shape index (κ3) is 8.33. The van der Waals surface area contributed by atoms with Crippen LogP contribution in [0, 0.1) is 11.7 Å². The first-order valence-corrected chi connectivity index (χ1v) is 9.13. The molecule has 2 rings (SSSR count). The van der Waals surface area contributed by atoms with Crippen molar-refractivity contribution in [2.24, 2.45) is 10.9 Å². The lowest BCUT2D eigenvalue weighted by atomic mass is 9.87. The van der Waals surface area contributed by atoms with Crippen LogP contribution in [0.5, 0.6) is 0 Å². The molecule has 146 valence electrons. The van der Waals surface area contributed by atoms with Crippen LogP contribution in [0.1, 0.15) is 44.1 Å². The highest BCUT2D eigenvalue weighted by Crippen LogP contribution is 2.25. The predicted octanol–water partition coefficient (Wildman–Crippen LogP) is 3.20. The lowest BCUT2D eigenvalue weighted by molar-refractivity contribution is -0.122. The molecule has 0 aliphatic heterocycles. The molecule has 5 nitrogen and oxygen atoms in total. The highest BCUT2D eigenvalue weighted by Gasteiger charge is 2.16. The normalized spacial score (nSPS) is 15.1. The van der Waals surface area contributed by atoms with Crippen molar-refractivity contribution in [1.82, 2.24) is 16.0 Å². The summed E-state index contributed by atoms with van der Waals surface area (Å²) in [6.45, 7) is 1.49. The maximum Gasteiger partial charge on any atom is 0.220 e. The minimum absolute atomic E-state index is 0. The number of benzene rings is 1. The van der Waals surface area contributed by atoms with Gasteiger partial charge in [-0.25, -0.2) is 4.39 Å². The molecule has 0 atom stereocenters. The van der Waals surface area contributed by atoms with Crippen molar-refractivity contribution in [3.63, 3.8) is 0 Å². The van der Waals surface area contributed by atoms with Crippen LogP contribution < -0.4 is 16.0 Å². The van der Waals surface area contributed by atoms with Crippen molar-refractivity contribution in [3.8, 4) is 0 Å². The van der Waals surface area contributed by atoms with Crippen molar-refractivity contribution in [2.75, 3.05) is 20.1 Å². The molecule has 1 saturated carbocycles. The largest absolute Gasteiger partial charge is 0.355 e. The number of halogens is 2. The van der Waals surface area contributed by atoms with Crippen molar-refractivity contribution in [2.45, 2.75) is 45.1 Å². The van der Waals surface area contributed by atoms with Gasteiger partial charge in [0.15, 0.2) is 5.96 Å². The summed E-state index contributed by atoms with van der Waals surface area (Å²) in [6.07, 6.45) is 6.81. The van der Waals surface area contributed by atoms with E-state index in [0.717, 1.165) is 0 Å². The summed E-state index contributed by atoms with van der Waals surface area (Å²) in [5.74, 6) is 1.03. The van der Waals surface area contributed by atoms with Gasteiger partial charge >= 0.3 is 0 Å². The SMILES string of the molecule is CN=C(NCCNC(=O)CC1CCCCC1)NCc1ccccc1F.I. The van der Waals surface area contributed by atoms with E-state index < -0.39 is 0 Å². The molecule has 3 N–H and O–H groups in total. The van der Waals surface area contributed by atoms with E-state index in [1.54, 1.807) is 25.2 Å². The zero-order valence-corrected chi connectivity index (χ0v) is 17.7. The third-order valence-corrected chi connectivity index (χ3v) is 4.57. The van der Waals surface area contributed by atoms with Crippen LogP contribution in [-0.2, 0) is 11.3 Å². The van der Waals surface area contributed by atoms with E-state index in [1.807, 2.05) is 0 Å². The monoisotopic (exact) mass is 476 g/mol. The fraction of sp³-hybridized carbons (Fsp3) is 0.579. The molecule has 26 heavy (non-hydrogen) atoms. The molecule has 1 fully saturated rings. The van der Waals surface area contributed by atoms with Gasteiger partial charge < -0.3 is 16.0 Å². The van der Waals surface area contributed by atoms with E-state index >= 15 is 0 Å². The first-order valence-electron chi connectivity index (χ1n) is 9.13. The molecule has 1 aliphatic rings. The van der Waals surface area contributed by atoms with E-state index in [-0.39, 0.29) is 35.7 Å². The van der Waals surface area contributed by atoms with Gasteiger partial charge in [0.05, 0.1) is 0 Å². The molecule has 0 heterocycles. The highest BCUT2D eigenvalue weighted by atomic mass is 127. The lowest BCUT2D eigenvalue weighted by Crippen LogP contribution is -2.41. The Hall–Kier alpha value is -1.38. The number of aliphatic imine (C=N–C) groups is 1. The average Bonchev–Trinajstić information content (AvgIpc) is 2.63. The number of hydrogen-bond acceptors (Lipinski definition) is 2. The molecule has 1 aliphatic carbocycles. The fourth-order valence-corrected chi connectivity index (χ4v) is 3.15. The van der Waals surface area contributed by atoms with Gasteiger partial charge in [0.1, 0.15) is 5.82 Å². The first-order chi connectivity index (χ1) is 12.2. The molecule has 1 amide bonds. The van der Waals surface area contributed by atoms with Gasteiger partial charge in [-0.15, -0.1) is 24.0 Å². The number of amides is 1. The van der Waals surface area contributed by atoms with Crippen molar-refractivity contribution in [1.29, 1.82) is 0 Å². The smallest absolute Gasteiger partial charge is 0.220 e. The van der Waals surface area contributed by atoms with E-state index in [9.17, 15) is 9.18 Å². The average molecular weight is 476 g/mol. The Morgan fingerprint density at radius 2 is 1.81 bits per heavy atom. The Morgan fingerprint density at radius 3 is 2.50 bits per heavy atom. The molecule has 0 aromatic heterocycles. The zero-order valence-electron chi connectivity index (χ0n) is 15.4. The molecular weight excluding hydrogens is 446 g/mol. The maximum absolute atomic E-state index is 13.6. The number of hydrogen-bond donors (Lipinski definition) is 3. The van der Waals surface area contributed by atoms with Crippen LogP contribution in [0.4, 0.5) is 4.39 Å². The van der Waals surface area contributed by atoms with Gasteiger partial charge in [-0.3, -0.25) is 9.79 Å². The second-order valence-corrected chi connectivity index (χ2v) is 6.50. The van der Waals surface area contributed by atoms with Gasteiger partial charge in [0.2, 0.25) is 5.91 Å². The van der Waals surface area contributed by atoms with E-state index in [2.05, 4.69) is 20.9 Å². The second kappa shape index (κ2) is 12.9. The molecule has 0 saturated heterocycles. The molecule has 1 aromatic rings. The molecular formula is C19H30FIN4O. The van der Waals surface area contributed by atoms with Crippen molar-refractivity contribution in [3.05, 3.63) is 35.6 Å². The topological polar surface area (TPSA) is 65.5 Å². The summed E-state index contributed by atoms with van der Waals surface area (Å²) in [5, 5.41) is 9.13. The summed E-state index contributed by atoms with van der Waals surface area (Å²) in [7, 11) is 1.67. The Morgan fingerprint density at radius 1 is 1.12 bits per heavy atom. The summed E-state index contributed by atoms with van der Waals surface area (Å²) >= 11 is 0. The number of guanidine groups is 1. The van der Waals surface area contributed by atoms with Crippen LogP contribution in [-0.4, -0.2) is 32.0 Å². The van der Waals surface area contributed by atoms with Crippen LogP contribution in [0.2, 0.25) is 0 Å². The van der Waals surface area contributed by atoms with Gasteiger partial charge in [0, 0.05) is 38.7 Å². The van der Waals surface area contributed by atoms with Gasteiger partial charge in [-0.2, -0.15) is 0 Å². The Labute approximate surface area is 172 Å². The highest BCUT2D eigenvalue weighted by molar-refractivity contribution is 14.0. The summed E-state index contributed by atoms with van der Waals surface area (Å²) in [4.78, 5) is 16.0. The van der Waals surface area contributed by atoms with E-state index in [4.69, 9.17) is 0 Å². The van der Waals surface area contributed by atoms with Crippen LogP contribution in [0.15, 0.2) is 29.3 Å². The summed E-state index contributed by atoms with van der Waals surface area (Å²) < 4.78 is 13.6. The Balaban J connectivity index is 0.00000338. The maximum atomic E-state index is 13.6. The first kappa shape index (κ1) is 22.7. The van der Waals surface area contributed by atoms with Crippen LogP contribution in [0.3, 0.4) is 0 Å². The van der Waals surface area contributed by atoms with Crippen LogP contribution >= 0.6 is 24.0 Å². The number of rotatable bonds is 7. The van der Waals surface area contributed by atoms with Crippen molar-refractivity contribution >= 4 is 35.8 Å². The van der Waals surface area contributed by atoms with E-state index in [1.165, 1.54) is 38.2 Å². The van der Waals surface area contributed by atoms with Crippen molar-refractivity contribution < 1.29 is 9.18 Å². The summed E-state index contributed by atoms with van der Waals surface area (Å²) in [5.41, 5.74) is 0.589. The quantitative estimate of drug-likeness (QED) is 0.245. The Bertz CT molecular complexity index is 576. The van der Waals surface area contributed by atoms with Gasteiger partial charge in [-0.1, -0.05) is 37.5 Å². The minimum Gasteiger partial charge on any atom is -0.355 e. The number of nitrogens with zero attached hydrogens (tertiary/aromatic N) is 1. The predicted molar refractivity (Wildman–Crippen MR) is 114 cm³/mol. The standard InChI is InChI=1S/C19H29FN4O.HI/c1-21-19(24-14-16-9-5-6-10-17(16)20)23-12-11-22-18(25)13-15-7-3-2-4-8-15;/h5-6,9-10,15H,2-4,7-8,11-14H2,1H3,(H,22,25)(H2,21,23,24);1H. The van der Waals surface area contributed by atoms with E-state index in [0.29, 0.717) is 43.5 Å². The number of carbonyl (C=O) groups is 1. The van der Waals surface area contributed by atoms with Gasteiger partial charge in [-0.05, 0) is 24.8 Å². The summed E-state index contributed by atoms with van der Waals surface area (Å²) in [6, 6.07) is 6.65. The second-order valence-electron chi connectivity index (χ2n) is 6.50. The number of nitrogens with one attached hydrogen (secondary N) is 3. The Kier molecular flexibility index (Phi) is 11.2. The molecule has 0 spiro atoms. The zero-order chi connectivity index (χ0) is 17.9. The fourth-order valence-electron chi connectivity index (χ4n) is 3.15. The lowest BCUT2D eigenvalue weighted by Gasteiger charge is -2.20. The third-order valence-electron chi connectivity index (χ3n) is 4.57. The molecule has 7 heteroatoms. The molecule has 0 bridgehead atoms.